The van der Waals surface area contributed by atoms with Crippen molar-refractivity contribution in [1.29, 1.82) is 0 Å². The summed E-state index contributed by atoms with van der Waals surface area (Å²) in [6.07, 6.45) is 0.511. The highest BCUT2D eigenvalue weighted by Crippen LogP contribution is 2.10. The number of nitrogens with one attached hydrogen (secondary N) is 1. The van der Waals surface area contributed by atoms with Crippen molar-refractivity contribution < 1.29 is 14.3 Å². The summed E-state index contributed by atoms with van der Waals surface area (Å²) >= 11 is 3.33. The van der Waals surface area contributed by atoms with E-state index in [9.17, 15) is 9.59 Å². The molecule has 0 saturated carbocycles. The first-order valence-electron chi connectivity index (χ1n) is 5.20. The van der Waals surface area contributed by atoms with Crippen molar-refractivity contribution in [2.75, 3.05) is 13.7 Å². The lowest BCUT2D eigenvalue weighted by atomic mass is 10.1. The number of rotatable bonds is 5. The zero-order valence-electron chi connectivity index (χ0n) is 9.53. The van der Waals surface area contributed by atoms with Gasteiger partial charge in [-0.2, -0.15) is 0 Å². The Morgan fingerprint density at radius 1 is 1.29 bits per heavy atom. The molecule has 1 N–H and O–H groups in total. The van der Waals surface area contributed by atoms with Crippen LogP contribution >= 0.6 is 15.9 Å². The Labute approximate surface area is 108 Å². The molecule has 4 nitrogen and oxygen atoms in total. The van der Waals surface area contributed by atoms with E-state index >= 15 is 0 Å². The second-order valence-corrected chi connectivity index (χ2v) is 4.40. The van der Waals surface area contributed by atoms with Gasteiger partial charge in [0, 0.05) is 11.0 Å². The monoisotopic (exact) mass is 299 g/mol. The van der Waals surface area contributed by atoms with Crippen LogP contribution in [0.15, 0.2) is 28.7 Å². The van der Waals surface area contributed by atoms with Crippen LogP contribution < -0.4 is 5.32 Å². The Bertz CT molecular complexity index is 389. The van der Waals surface area contributed by atoms with E-state index in [2.05, 4.69) is 26.0 Å². The van der Waals surface area contributed by atoms with Gasteiger partial charge in [0.05, 0.1) is 20.0 Å². The molecule has 0 radical (unpaired) electrons. The number of amides is 1. The summed E-state index contributed by atoms with van der Waals surface area (Å²) in [6.45, 7) is 0.308. The first-order valence-corrected chi connectivity index (χ1v) is 5.99. The van der Waals surface area contributed by atoms with Crippen molar-refractivity contribution in [3.8, 4) is 0 Å². The number of ether oxygens (including phenoxy) is 1. The minimum atomic E-state index is -0.325. The van der Waals surface area contributed by atoms with Crippen LogP contribution in [0.1, 0.15) is 12.0 Å². The van der Waals surface area contributed by atoms with E-state index in [0.29, 0.717) is 13.0 Å². The third-order valence-corrected chi connectivity index (χ3v) is 2.69. The van der Waals surface area contributed by atoms with Crippen LogP contribution in [0.2, 0.25) is 0 Å². The summed E-state index contributed by atoms with van der Waals surface area (Å²) in [7, 11) is 1.33. The molecule has 1 amide bonds. The van der Waals surface area contributed by atoms with Gasteiger partial charge in [-0.05, 0) is 17.7 Å². The molecule has 1 aromatic rings. The molecule has 92 valence electrons. The van der Waals surface area contributed by atoms with E-state index in [1.54, 1.807) is 0 Å². The minimum Gasteiger partial charge on any atom is -0.469 e. The molecule has 0 aliphatic carbocycles. The van der Waals surface area contributed by atoms with Crippen molar-refractivity contribution in [2.24, 2.45) is 0 Å². The van der Waals surface area contributed by atoms with Crippen molar-refractivity contribution in [1.82, 2.24) is 5.32 Å². The largest absolute Gasteiger partial charge is 0.469 e. The number of benzene rings is 1. The van der Waals surface area contributed by atoms with Crippen molar-refractivity contribution in [3.05, 3.63) is 34.3 Å². The fourth-order valence-electron chi connectivity index (χ4n) is 1.26. The van der Waals surface area contributed by atoms with Crippen molar-refractivity contribution in [2.45, 2.75) is 12.8 Å². The number of halogens is 1. The first kappa shape index (κ1) is 13.7. The molecule has 1 rings (SSSR count). The molecule has 0 heterocycles. The Morgan fingerprint density at radius 2 is 1.94 bits per heavy atom. The zero-order chi connectivity index (χ0) is 12.7. The van der Waals surface area contributed by atoms with Crippen LogP contribution in [0.5, 0.6) is 0 Å². The Kier molecular flexibility index (Phi) is 5.69. The summed E-state index contributed by atoms with van der Waals surface area (Å²) in [6, 6.07) is 7.53. The maximum atomic E-state index is 11.5. The quantitative estimate of drug-likeness (QED) is 0.842. The lowest BCUT2D eigenvalue weighted by Gasteiger charge is -2.04. The van der Waals surface area contributed by atoms with E-state index in [4.69, 9.17) is 0 Å². The smallest absolute Gasteiger partial charge is 0.307 e. The third-order valence-electron chi connectivity index (χ3n) is 2.16. The standard InChI is InChI=1S/C12H14BrNO3/c1-17-12(16)6-7-14-11(15)8-9-2-4-10(13)5-3-9/h2-5H,6-8H2,1H3,(H,14,15). The summed E-state index contributed by atoms with van der Waals surface area (Å²) in [5, 5.41) is 2.66. The third kappa shape index (κ3) is 5.49. The maximum absolute atomic E-state index is 11.5. The number of hydrogen-bond donors (Lipinski definition) is 1. The van der Waals surface area contributed by atoms with E-state index in [-0.39, 0.29) is 18.3 Å². The van der Waals surface area contributed by atoms with E-state index in [1.807, 2.05) is 24.3 Å². The van der Waals surface area contributed by atoms with Crippen LogP contribution in [0.25, 0.3) is 0 Å². The minimum absolute atomic E-state index is 0.101. The Balaban J connectivity index is 2.30. The molecule has 0 spiro atoms. The lowest BCUT2D eigenvalue weighted by molar-refractivity contribution is -0.140. The molecule has 5 heteroatoms. The first-order chi connectivity index (χ1) is 8.11. The average molecular weight is 300 g/mol. The highest BCUT2D eigenvalue weighted by atomic mass is 79.9. The van der Waals surface area contributed by atoms with Gasteiger partial charge < -0.3 is 10.1 Å². The molecule has 0 unspecified atom stereocenters. The number of methoxy groups -OCH3 is 1. The number of esters is 1. The van der Waals surface area contributed by atoms with E-state index < -0.39 is 0 Å². The van der Waals surface area contributed by atoms with Gasteiger partial charge in [0.2, 0.25) is 5.91 Å². The van der Waals surface area contributed by atoms with E-state index in [1.165, 1.54) is 7.11 Å². The van der Waals surface area contributed by atoms with Gasteiger partial charge in [0.25, 0.3) is 0 Å². The van der Waals surface area contributed by atoms with Gasteiger partial charge in [-0.15, -0.1) is 0 Å². The SMILES string of the molecule is COC(=O)CCNC(=O)Cc1ccc(Br)cc1. The normalized spacial score (nSPS) is 9.76. The van der Waals surface area contributed by atoms with Crippen LogP contribution in [0.4, 0.5) is 0 Å². The Morgan fingerprint density at radius 3 is 2.53 bits per heavy atom. The van der Waals surface area contributed by atoms with Crippen LogP contribution in [0, 0.1) is 0 Å². The van der Waals surface area contributed by atoms with Gasteiger partial charge in [-0.25, -0.2) is 0 Å². The molecular weight excluding hydrogens is 286 g/mol. The fraction of sp³-hybridized carbons (Fsp3) is 0.333. The topological polar surface area (TPSA) is 55.4 Å². The number of hydrogen-bond acceptors (Lipinski definition) is 3. The molecule has 0 aliphatic heterocycles. The van der Waals surface area contributed by atoms with Crippen molar-refractivity contribution in [3.63, 3.8) is 0 Å². The zero-order valence-corrected chi connectivity index (χ0v) is 11.1. The summed E-state index contributed by atoms with van der Waals surface area (Å²) < 4.78 is 5.45. The lowest BCUT2D eigenvalue weighted by Crippen LogP contribution is -2.27. The van der Waals surface area contributed by atoms with Gasteiger partial charge in [-0.1, -0.05) is 28.1 Å². The molecule has 0 atom stereocenters. The van der Waals surface area contributed by atoms with Gasteiger partial charge in [0.15, 0.2) is 0 Å². The summed E-state index contributed by atoms with van der Waals surface area (Å²) in [5.74, 6) is -0.426. The van der Waals surface area contributed by atoms with Crippen LogP contribution in [0.3, 0.4) is 0 Å². The average Bonchev–Trinajstić information content (AvgIpc) is 2.32. The summed E-state index contributed by atoms with van der Waals surface area (Å²) in [4.78, 5) is 22.3. The van der Waals surface area contributed by atoms with Gasteiger partial charge in [0.1, 0.15) is 0 Å². The molecular formula is C12H14BrNO3. The molecule has 0 fully saturated rings. The van der Waals surface area contributed by atoms with Crippen molar-refractivity contribution >= 4 is 27.8 Å². The molecule has 1 aromatic carbocycles. The Hall–Kier alpha value is -1.36. The fourth-order valence-corrected chi connectivity index (χ4v) is 1.52. The molecule has 0 aromatic heterocycles. The molecule has 0 aliphatic rings. The highest BCUT2D eigenvalue weighted by molar-refractivity contribution is 9.10. The maximum Gasteiger partial charge on any atom is 0.307 e. The van der Waals surface area contributed by atoms with Crippen LogP contribution in [-0.4, -0.2) is 25.5 Å². The van der Waals surface area contributed by atoms with Gasteiger partial charge >= 0.3 is 5.97 Å². The van der Waals surface area contributed by atoms with E-state index in [0.717, 1.165) is 10.0 Å². The van der Waals surface area contributed by atoms with Crippen LogP contribution in [-0.2, 0) is 20.7 Å². The molecule has 17 heavy (non-hydrogen) atoms. The predicted molar refractivity (Wildman–Crippen MR) is 67.5 cm³/mol. The summed E-state index contributed by atoms with van der Waals surface area (Å²) in [5.41, 5.74) is 0.934. The molecule has 0 saturated heterocycles. The van der Waals surface area contributed by atoms with Gasteiger partial charge in [-0.3, -0.25) is 9.59 Å². The number of carbonyl (C=O) groups is 2. The molecule has 0 bridgehead atoms. The second-order valence-electron chi connectivity index (χ2n) is 3.48. The highest BCUT2D eigenvalue weighted by Gasteiger charge is 2.04. The predicted octanol–water partition coefficient (Wildman–Crippen LogP) is 1.67. The number of carbonyl (C=O) groups excluding carboxylic acids is 2. The second kappa shape index (κ2) is 7.06.